The van der Waals surface area contributed by atoms with Crippen LogP contribution in [-0.2, 0) is 16.0 Å². The molecule has 0 saturated carbocycles. The summed E-state index contributed by atoms with van der Waals surface area (Å²) in [7, 11) is 1.59. The molecule has 0 spiro atoms. The number of allylic oxidation sites excluding steroid dienone is 1. The average Bonchev–Trinajstić information content (AvgIpc) is 3.37. The fourth-order valence-corrected chi connectivity index (χ4v) is 4.56. The van der Waals surface area contributed by atoms with Crippen molar-refractivity contribution in [2.24, 2.45) is 0 Å². The molecule has 3 aromatic rings. The lowest BCUT2D eigenvalue weighted by Gasteiger charge is -2.23. The molecule has 0 bridgehead atoms. The number of carbonyl (C=O) groups is 2. The Balaban J connectivity index is 1.49. The summed E-state index contributed by atoms with van der Waals surface area (Å²) in [6.45, 7) is 0.119. The van der Waals surface area contributed by atoms with Crippen molar-refractivity contribution in [1.82, 2.24) is 9.88 Å². The number of likely N-dealkylation sites (N-methyl/N-ethyl adjacent to an activating group) is 1. The third kappa shape index (κ3) is 4.60. The molecule has 2 aliphatic rings. The fourth-order valence-electron chi connectivity index (χ4n) is 4.56. The van der Waals surface area contributed by atoms with E-state index in [-0.39, 0.29) is 32.3 Å². The van der Waals surface area contributed by atoms with E-state index in [0.29, 0.717) is 28.6 Å². The van der Waals surface area contributed by atoms with Crippen LogP contribution in [0.3, 0.4) is 0 Å². The number of hydrogen-bond acceptors (Lipinski definition) is 7. The number of benzene rings is 2. The van der Waals surface area contributed by atoms with Crippen molar-refractivity contribution in [1.29, 1.82) is 5.26 Å². The molecule has 1 aliphatic heterocycles. The second-order valence-corrected chi connectivity index (χ2v) is 8.77. The molecule has 1 amide bonds. The zero-order valence-electron chi connectivity index (χ0n) is 20.0. The Morgan fingerprint density at radius 1 is 1.17 bits per heavy atom. The van der Waals surface area contributed by atoms with Gasteiger partial charge in [0.25, 0.3) is 5.91 Å². The van der Waals surface area contributed by atoms with Crippen molar-refractivity contribution < 1.29 is 23.8 Å². The third-order valence-electron chi connectivity index (χ3n) is 6.42. The zero-order valence-corrected chi connectivity index (χ0v) is 20.0. The maximum absolute atomic E-state index is 13.3. The first kappa shape index (κ1) is 23.4. The van der Waals surface area contributed by atoms with Gasteiger partial charge in [0.2, 0.25) is 6.79 Å². The van der Waals surface area contributed by atoms with Gasteiger partial charge in [-0.05, 0) is 60.2 Å². The summed E-state index contributed by atoms with van der Waals surface area (Å²) in [5, 5.41) is 9.44. The van der Waals surface area contributed by atoms with E-state index in [4.69, 9.17) is 24.5 Å². The lowest BCUT2D eigenvalue weighted by molar-refractivity contribution is -0.133. The van der Waals surface area contributed by atoms with E-state index in [0.717, 1.165) is 41.0 Å². The van der Waals surface area contributed by atoms with Crippen LogP contribution in [0.15, 0.2) is 42.5 Å². The molecule has 0 fully saturated rings. The van der Waals surface area contributed by atoms with E-state index in [1.165, 1.54) is 4.90 Å². The SMILES string of the molecule is CN(CCC#N)C(=O)COC(=O)c1c2c(nc3ccccc13)/C(=C/c1ccc3c(c1)OCO3)CCC2. The molecule has 8 heteroatoms. The Morgan fingerprint density at radius 2 is 2.00 bits per heavy atom. The van der Waals surface area contributed by atoms with Gasteiger partial charge in [0.1, 0.15) is 0 Å². The summed E-state index contributed by atoms with van der Waals surface area (Å²) in [6.07, 6.45) is 4.66. The van der Waals surface area contributed by atoms with Crippen LogP contribution < -0.4 is 9.47 Å². The predicted octanol–water partition coefficient (Wildman–Crippen LogP) is 4.37. The van der Waals surface area contributed by atoms with Crippen molar-refractivity contribution in [2.45, 2.75) is 25.7 Å². The van der Waals surface area contributed by atoms with Crippen LogP contribution in [0, 0.1) is 11.3 Å². The number of aromatic nitrogens is 1. The quantitative estimate of drug-likeness (QED) is 0.480. The van der Waals surface area contributed by atoms with Crippen LogP contribution in [0.2, 0.25) is 0 Å². The zero-order chi connectivity index (χ0) is 25.1. The minimum Gasteiger partial charge on any atom is -0.454 e. The summed E-state index contributed by atoms with van der Waals surface area (Å²) < 4.78 is 16.4. The minimum atomic E-state index is -0.545. The Labute approximate surface area is 208 Å². The van der Waals surface area contributed by atoms with Crippen LogP contribution in [0.25, 0.3) is 22.6 Å². The molecule has 36 heavy (non-hydrogen) atoms. The van der Waals surface area contributed by atoms with Gasteiger partial charge in [-0.2, -0.15) is 5.26 Å². The van der Waals surface area contributed by atoms with Crippen molar-refractivity contribution in [3.63, 3.8) is 0 Å². The lowest BCUT2D eigenvalue weighted by Crippen LogP contribution is -2.32. The number of pyridine rings is 1. The van der Waals surface area contributed by atoms with E-state index < -0.39 is 5.97 Å². The summed E-state index contributed by atoms with van der Waals surface area (Å²) in [4.78, 5) is 32.0. The number of esters is 1. The number of amides is 1. The van der Waals surface area contributed by atoms with Gasteiger partial charge in [-0.15, -0.1) is 0 Å². The minimum absolute atomic E-state index is 0.216. The number of para-hydroxylation sites is 1. The number of nitriles is 1. The maximum Gasteiger partial charge on any atom is 0.339 e. The van der Waals surface area contributed by atoms with Crippen molar-refractivity contribution in [3.05, 3.63) is 64.8 Å². The maximum atomic E-state index is 13.3. The Hall–Kier alpha value is -4.38. The van der Waals surface area contributed by atoms with Gasteiger partial charge < -0.3 is 19.1 Å². The molecule has 0 N–H and O–H groups in total. The van der Waals surface area contributed by atoms with Crippen LogP contribution in [-0.4, -0.2) is 48.8 Å². The smallest absolute Gasteiger partial charge is 0.339 e. The summed E-state index contributed by atoms with van der Waals surface area (Å²) in [5.41, 5.74) is 4.76. The number of carbonyl (C=O) groups excluding carboxylic acids is 2. The molecule has 0 saturated heterocycles. The largest absolute Gasteiger partial charge is 0.454 e. The van der Waals surface area contributed by atoms with E-state index in [9.17, 15) is 9.59 Å². The number of rotatable bonds is 6. The monoisotopic (exact) mass is 483 g/mol. The number of fused-ring (bicyclic) bond motifs is 3. The van der Waals surface area contributed by atoms with E-state index >= 15 is 0 Å². The number of ether oxygens (including phenoxy) is 3. The second kappa shape index (κ2) is 10.1. The normalized spacial score (nSPS) is 14.8. The molecular weight excluding hydrogens is 458 g/mol. The highest BCUT2D eigenvalue weighted by Gasteiger charge is 2.27. The molecule has 182 valence electrons. The molecule has 5 rings (SSSR count). The predicted molar refractivity (Wildman–Crippen MR) is 133 cm³/mol. The topological polar surface area (TPSA) is 102 Å². The van der Waals surface area contributed by atoms with Gasteiger partial charge in [0.05, 0.1) is 29.3 Å². The molecule has 0 atom stereocenters. The molecule has 0 radical (unpaired) electrons. The molecular formula is C28H25N3O5. The summed E-state index contributed by atoms with van der Waals surface area (Å²) in [6, 6.07) is 15.3. The summed E-state index contributed by atoms with van der Waals surface area (Å²) >= 11 is 0. The van der Waals surface area contributed by atoms with Gasteiger partial charge in [-0.3, -0.25) is 4.79 Å². The molecule has 0 unspecified atom stereocenters. The summed E-state index contributed by atoms with van der Waals surface area (Å²) in [5.74, 6) is 0.536. The van der Waals surface area contributed by atoms with Crippen LogP contribution in [0.4, 0.5) is 0 Å². The van der Waals surface area contributed by atoms with Crippen molar-refractivity contribution in [2.75, 3.05) is 27.0 Å². The third-order valence-corrected chi connectivity index (χ3v) is 6.42. The van der Waals surface area contributed by atoms with Crippen molar-refractivity contribution >= 4 is 34.4 Å². The first-order valence-electron chi connectivity index (χ1n) is 11.9. The highest BCUT2D eigenvalue weighted by atomic mass is 16.7. The highest BCUT2D eigenvalue weighted by molar-refractivity contribution is 6.07. The number of nitrogens with zero attached hydrogens (tertiary/aromatic N) is 3. The first-order valence-corrected chi connectivity index (χ1v) is 11.9. The fraction of sp³-hybridized carbons (Fsp3) is 0.286. The van der Waals surface area contributed by atoms with Crippen LogP contribution in [0.1, 0.15) is 46.4 Å². The molecule has 8 nitrogen and oxygen atoms in total. The molecule has 2 aromatic carbocycles. The van der Waals surface area contributed by atoms with E-state index in [1.54, 1.807) is 7.05 Å². The standard InChI is InChI=1S/C28H25N3O5/c1-31(13-5-12-29)25(32)16-34-28(33)26-20-7-2-3-9-22(20)30-27-19(6-4-8-21(26)27)14-18-10-11-23-24(15-18)36-17-35-23/h2-3,7,9-11,14-15H,4-6,8,13,16-17H2,1H3/b19-14+. The second-order valence-electron chi connectivity index (χ2n) is 8.77. The van der Waals surface area contributed by atoms with Crippen molar-refractivity contribution in [3.8, 4) is 17.6 Å². The van der Waals surface area contributed by atoms with Gasteiger partial charge in [-0.1, -0.05) is 24.3 Å². The first-order chi connectivity index (χ1) is 17.5. The average molecular weight is 484 g/mol. The van der Waals surface area contributed by atoms with Crippen LogP contribution >= 0.6 is 0 Å². The lowest BCUT2D eigenvalue weighted by atomic mass is 9.86. The number of hydrogen-bond donors (Lipinski definition) is 0. The Morgan fingerprint density at radius 3 is 2.86 bits per heavy atom. The Kier molecular flexibility index (Phi) is 6.54. The van der Waals surface area contributed by atoms with E-state index in [2.05, 4.69) is 6.08 Å². The van der Waals surface area contributed by atoms with Gasteiger partial charge in [0, 0.05) is 19.0 Å². The molecule has 1 aliphatic carbocycles. The molecule has 1 aromatic heterocycles. The Bertz CT molecular complexity index is 1420. The van der Waals surface area contributed by atoms with Gasteiger partial charge in [0.15, 0.2) is 18.1 Å². The van der Waals surface area contributed by atoms with Crippen LogP contribution in [0.5, 0.6) is 11.5 Å². The van der Waals surface area contributed by atoms with Gasteiger partial charge >= 0.3 is 5.97 Å². The highest BCUT2D eigenvalue weighted by Crippen LogP contribution is 2.38. The molecule has 2 heterocycles. The van der Waals surface area contributed by atoms with Gasteiger partial charge in [-0.25, -0.2) is 9.78 Å². The van der Waals surface area contributed by atoms with E-state index in [1.807, 2.05) is 48.5 Å².